The number of esters is 1. The molecule has 0 aromatic heterocycles. The van der Waals surface area contributed by atoms with Gasteiger partial charge in [0, 0.05) is 11.0 Å². The highest BCUT2D eigenvalue weighted by Crippen LogP contribution is 2.25. The minimum absolute atomic E-state index is 0.00427. The topological polar surface area (TPSA) is 67.4 Å². The fraction of sp³-hybridized carbons (Fsp3) is 0.467. The predicted octanol–water partition coefficient (Wildman–Crippen LogP) is 2.56. The highest BCUT2D eigenvalue weighted by Gasteiger charge is 2.21. The number of ether oxygens (including phenoxy) is 1. The molecule has 0 saturated carbocycles. The van der Waals surface area contributed by atoms with Crippen molar-refractivity contribution in [1.29, 1.82) is 0 Å². The number of rotatable bonds is 4. The first-order valence-corrected chi connectivity index (χ1v) is 7.89. The van der Waals surface area contributed by atoms with Crippen molar-refractivity contribution < 1.29 is 14.3 Å². The van der Waals surface area contributed by atoms with Crippen molar-refractivity contribution in [3.8, 4) is 0 Å². The summed E-state index contributed by atoms with van der Waals surface area (Å²) in [5, 5.41) is 6.12. The number of nitrogens with one attached hydrogen (secondary N) is 2. The Morgan fingerprint density at radius 1 is 1.48 bits per heavy atom. The van der Waals surface area contributed by atoms with Crippen LogP contribution in [0.3, 0.4) is 0 Å². The molecule has 6 heteroatoms. The first-order chi connectivity index (χ1) is 10.1. The second-order valence-electron chi connectivity index (χ2n) is 4.95. The smallest absolute Gasteiger partial charge is 0.338 e. The SMILES string of the molecule is CCOC(=O)c1ccc(NC(=O)C2CCCNC2)c(Br)c1. The Morgan fingerprint density at radius 3 is 2.90 bits per heavy atom. The zero-order valence-corrected chi connectivity index (χ0v) is 13.5. The summed E-state index contributed by atoms with van der Waals surface area (Å²) < 4.78 is 5.62. The standard InChI is InChI=1S/C15H19BrN2O3/c1-2-21-15(20)10-5-6-13(12(16)8-10)18-14(19)11-4-3-7-17-9-11/h5-6,8,11,17H,2-4,7,9H2,1H3,(H,18,19). The minimum Gasteiger partial charge on any atom is -0.462 e. The zero-order valence-electron chi connectivity index (χ0n) is 11.9. The maximum atomic E-state index is 12.2. The summed E-state index contributed by atoms with van der Waals surface area (Å²) in [4.78, 5) is 23.8. The van der Waals surface area contributed by atoms with Crippen LogP contribution in [0.15, 0.2) is 22.7 Å². The molecule has 0 spiro atoms. The summed E-state index contributed by atoms with van der Waals surface area (Å²) in [7, 11) is 0. The fourth-order valence-electron chi connectivity index (χ4n) is 2.27. The number of hydrogen-bond donors (Lipinski definition) is 2. The van der Waals surface area contributed by atoms with E-state index < -0.39 is 0 Å². The van der Waals surface area contributed by atoms with E-state index in [0.717, 1.165) is 19.4 Å². The average molecular weight is 355 g/mol. The molecule has 1 aliphatic heterocycles. The van der Waals surface area contributed by atoms with Crippen molar-refractivity contribution in [2.75, 3.05) is 25.0 Å². The lowest BCUT2D eigenvalue weighted by atomic mass is 9.99. The van der Waals surface area contributed by atoms with Gasteiger partial charge in [-0.05, 0) is 60.4 Å². The molecular weight excluding hydrogens is 336 g/mol. The number of hydrogen-bond acceptors (Lipinski definition) is 4. The van der Waals surface area contributed by atoms with Crippen molar-refractivity contribution in [1.82, 2.24) is 5.32 Å². The lowest BCUT2D eigenvalue weighted by Gasteiger charge is -2.22. The van der Waals surface area contributed by atoms with Gasteiger partial charge in [-0.25, -0.2) is 4.79 Å². The number of carbonyl (C=O) groups is 2. The fourth-order valence-corrected chi connectivity index (χ4v) is 2.75. The highest BCUT2D eigenvalue weighted by molar-refractivity contribution is 9.10. The van der Waals surface area contributed by atoms with Gasteiger partial charge in [-0.15, -0.1) is 0 Å². The summed E-state index contributed by atoms with van der Waals surface area (Å²) in [6, 6.07) is 5.02. The van der Waals surface area contributed by atoms with Crippen molar-refractivity contribution in [3.05, 3.63) is 28.2 Å². The molecule has 1 amide bonds. The molecule has 2 rings (SSSR count). The first-order valence-electron chi connectivity index (χ1n) is 7.10. The van der Waals surface area contributed by atoms with E-state index in [2.05, 4.69) is 26.6 Å². The molecule has 2 N–H and O–H groups in total. The molecule has 1 heterocycles. The van der Waals surface area contributed by atoms with Crippen molar-refractivity contribution in [2.24, 2.45) is 5.92 Å². The molecule has 114 valence electrons. The molecule has 1 aromatic rings. The molecule has 1 atom stereocenters. The van der Waals surface area contributed by atoms with Gasteiger partial charge >= 0.3 is 5.97 Å². The van der Waals surface area contributed by atoms with Crippen LogP contribution < -0.4 is 10.6 Å². The number of carbonyl (C=O) groups excluding carboxylic acids is 2. The van der Waals surface area contributed by atoms with Gasteiger partial charge in [0.15, 0.2) is 0 Å². The highest BCUT2D eigenvalue weighted by atomic mass is 79.9. The van der Waals surface area contributed by atoms with Gasteiger partial charge in [0.05, 0.1) is 23.8 Å². The molecule has 1 fully saturated rings. The zero-order chi connectivity index (χ0) is 15.2. The van der Waals surface area contributed by atoms with E-state index in [1.807, 2.05) is 0 Å². The molecule has 0 aliphatic carbocycles. The number of anilines is 1. The third-order valence-corrected chi connectivity index (χ3v) is 4.06. The van der Waals surface area contributed by atoms with Crippen molar-refractivity contribution in [3.63, 3.8) is 0 Å². The summed E-state index contributed by atoms with van der Waals surface area (Å²) in [6.07, 6.45) is 1.92. The van der Waals surface area contributed by atoms with Crippen LogP contribution in [-0.4, -0.2) is 31.6 Å². The van der Waals surface area contributed by atoms with Gasteiger partial charge in [0.25, 0.3) is 0 Å². The number of piperidine rings is 1. The monoisotopic (exact) mass is 354 g/mol. The minimum atomic E-state index is -0.368. The predicted molar refractivity (Wildman–Crippen MR) is 84.3 cm³/mol. The number of amides is 1. The Kier molecular flexibility index (Phi) is 5.76. The van der Waals surface area contributed by atoms with Crippen LogP contribution in [0.5, 0.6) is 0 Å². The first kappa shape index (κ1) is 16.0. The molecule has 1 aliphatic rings. The van der Waals surface area contributed by atoms with Gasteiger partial charge in [-0.1, -0.05) is 0 Å². The molecule has 1 unspecified atom stereocenters. The molecule has 1 aromatic carbocycles. The number of halogens is 1. The largest absolute Gasteiger partial charge is 0.462 e. The normalized spacial score (nSPS) is 18.1. The molecule has 0 radical (unpaired) electrons. The van der Waals surface area contributed by atoms with Crippen LogP contribution in [-0.2, 0) is 9.53 Å². The Morgan fingerprint density at radius 2 is 2.29 bits per heavy atom. The van der Waals surface area contributed by atoms with Crippen LogP contribution in [0.25, 0.3) is 0 Å². The summed E-state index contributed by atoms with van der Waals surface area (Å²) in [5.41, 5.74) is 1.12. The lowest BCUT2D eigenvalue weighted by Crippen LogP contribution is -2.37. The van der Waals surface area contributed by atoms with Gasteiger partial charge in [0.1, 0.15) is 0 Å². The van der Waals surface area contributed by atoms with Gasteiger partial charge in [-0.3, -0.25) is 4.79 Å². The molecule has 21 heavy (non-hydrogen) atoms. The van der Waals surface area contributed by atoms with Crippen molar-refractivity contribution >= 4 is 33.5 Å². The summed E-state index contributed by atoms with van der Waals surface area (Å²) in [6.45, 7) is 3.79. The molecule has 1 saturated heterocycles. The summed E-state index contributed by atoms with van der Waals surface area (Å²) in [5.74, 6) is -0.366. The molecule has 0 bridgehead atoms. The third kappa shape index (κ3) is 4.28. The van der Waals surface area contributed by atoms with Gasteiger partial charge in [0.2, 0.25) is 5.91 Å². The Bertz CT molecular complexity index is 528. The van der Waals surface area contributed by atoms with E-state index in [1.165, 1.54) is 0 Å². The Balaban J connectivity index is 2.03. The van der Waals surface area contributed by atoms with Crippen LogP contribution in [0.1, 0.15) is 30.1 Å². The number of benzene rings is 1. The average Bonchev–Trinajstić information content (AvgIpc) is 2.50. The van der Waals surface area contributed by atoms with Crippen LogP contribution in [0.2, 0.25) is 0 Å². The lowest BCUT2D eigenvalue weighted by molar-refractivity contribution is -0.120. The summed E-state index contributed by atoms with van der Waals surface area (Å²) >= 11 is 3.38. The maximum absolute atomic E-state index is 12.2. The van der Waals surface area contributed by atoms with E-state index in [1.54, 1.807) is 25.1 Å². The third-order valence-electron chi connectivity index (χ3n) is 3.41. The van der Waals surface area contributed by atoms with Crippen LogP contribution >= 0.6 is 15.9 Å². The van der Waals surface area contributed by atoms with E-state index in [9.17, 15) is 9.59 Å². The van der Waals surface area contributed by atoms with E-state index >= 15 is 0 Å². The maximum Gasteiger partial charge on any atom is 0.338 e. The Labute approximate surface area is 132 Å². The van der Waals surface area contributed by atoms with Gasteiger partial charge in [-0.2, -0.15) is 0 Å². The van der Waals surface area contributed by atoms with Crippen LogP contribution in [0, 0.1) is 5.92 Å². The molecular formula is C15H19BrN2O3. The van der Waals surface area contributed by atoms with E-state index in [-0.39, 0.29) is 17.8 Å². The molecule has 5 nitrogen and oxygen atoms in total. The van der Waals surface area contributed by atoms with E-state index in [0.29, 0.717) is 28.9 Å². The quantitative estimate of drug-likeness (QED) is 0.815. The van der Waals surface area contributed by atoms with Crippen LogP contribution in [0.4, 0.5) is 5.69 Å². The Hall–Kier alpha value is -1.40. The van der Waals surface area contributed by atoms with Gasteiger partial charge < -0.3 is 15.4 Å². The second kappa shape index (κ2) is 7.56. The van der Waals surface area contributed by atoms with E-state index in [4.69, 9.17) is 4.74 Å². The van der Waals surface area contributed by atoms with Crippen molar-refractivity contribution in [2.45, 2.75) is 19.8 Å². The second-order valence-corrected chi connectivity index (χ2v) is 5.80.